The molecule has 0 bridgehead atoms. The van der Waals surface area contributed by atoms with Gasteiger partial charge in [0, 0.05) is 5.30 Å². The van der Waals surface area contributed by atoms with Gasteiger partial charge in [-0.25, -0.2) is 4.99 Å². The molecule has 2 atom stereocenters. The minimum absolute atomic E-state index is 0.311. The lowest BCUT2D eigenvalue weighted by Gasteiger charge is -2.06. The van der Waals surface area contributed by atoms with E-state index in [4.69, 9.17) is 9.73 Å². The molecule has 0 N–H and O–H groups in total. The van der Waals surface area contributed by atoms with Crippen molar-refractivity contribution in [2.45, 2.75) is 33.7 Å². The molecule has 0 saturated heterocycles. The number of aliphatic imine (C=N–C) groups is 1. The van der Waals surface area contributed by atoms with Crippen molar-refractivity contribution in [2.75, 3.05) is 6.61 Å². The number of ether oxygens (including phenoxy) is 1. The van der Waals surface area contributed by atoms with Gasteiger partial charge in [-0.05, 0) is 36.5 Å². The molecule has 0 amide bonds. The lowest BCUT2D eigenvalue weighted by Crippen LogP contribution is -2.13. The summed E-state index contributed by atoms with van der Waals surface area (Å²) in [6, 6.07) is 11.0. The van der Waals surface area contributed by atoms with Gasteiger partial charge in [-0.15, -0.1) is 8.19 Å². The number of hydrogen-bond donors (Lipinski definition) is 0. The average Bonchev–Trinajstić information content (AvgIpc) is 3.07. The highest BCUT2D eigenvalue weighted by atomic mass is 31.0. The zero-order chi connectivity index (χ0) is 15.0. The second kappa shape index (κ2) is 5.69. The van der Waals surface area contributed by atoms with Crippen molar-refractivity contribution in [1.82, 2.24) is 0 Å². The van der Waals surface area contributed by atoms with E-state index in [1.807, 2.05) is 0 Å². The summed E-state index contributed by atoms with van der Waals surface area (Å²) in [5, 5.41) is 2.73. The fourth-order valence-electron chi connectivity index (χ4n) is 2.66. The monoisotopic (exact) mass is 299 g/mol. The molecule has 3 rings (SSSR count). The molecule has 3 heteroatoms. The maximum Gasteiger partial charge on any atom is 0.220 e. The van der Waals surface area contributed by atoms with E-state index in [0.717, 1.165) is 12.5 Å². The van der Waals surface area contributed by atoms with Gasteiger partial charge in [0.05, 0.1) is 11.3 Å². The first kappa shape index (κ1) is 14.4. The highest BCUT2D eigenvalue weighted by Gasteiger charge is 2.25. The van der Waals surface area contributed by atoms with Crippen LogP contribution in [0.2, 0.25) is 0 Å². The Morgan fingerprint density at radius 1 is 1.10 bits per heavy atom. The Morgan fingerprint density at radius 2 is 1.76 bits per heavy atom. The number of hydrogen-bond acceptors (Lipinski definition) is 2. The minimum Gasteiger partial charge on any atom is -0.475 e. The predicted molar refractivity (Wildman–Crippen MR) is 92.0 cm³/mol. The van der Waals surface area contributed by atoms with Crippen molar-refractivity contribution >= 4 is 14.1 Å². The Morgan fingerprint density at radius 3 is 2.38 bits per heavy atom. The van der Waals surface area contributed by atoms with E-state index in [-0.39, 0.29) is 0 Å². The number of nitrogens with zero attached hydrogens (tertiary/aromatic N) is 1. The maximum atomic E-state index is 5.89. The molecule has 1 aliphatic rings. The van der Waals surface area contributed by atoms with Crippen LogP contribution in [0.3, 0.4) is 0 Å². The summed E-state index contributed by atoms with van der Waals surface area (Å²) < 4.78 is 5.89. The Kier molecular flexibility index (Phi) is 3.91. The van der Waals surface area contributed by atoms with Crippen LogP contribution >= 0.6 is 8.19 Å². The smallest absolute Gasteiger partial charge is 0.220 e. The maximum absolute atomic E-state index is 5.89. The summed E-state index contributed by atoms with van der Waals surface area (Å²) in [6.07, 6.45) is 0. The molecule has 1 unspecified atom stereocenters. The van der Waals surface area contributed by atoms with Crippen LogP contribution in [0.5, 0.6) is 0 Å². The molecule has 1 aromatic carbocycles. The van der Waals surface area contributed by atoms with Gasteiger partial charge in [-0.3, -0.25) is 0 Å². The van der Waals surface area contributed by atoms with Crippen LogP contribution in [0, 0.1) is 19.8 Å². The molecule has 0 fully saturated rings. The summed E-state index contributed by atoms with van der Waals surface area (Å²) in [4.78, 5) is 4.80. The van der Waals surface area contributed by atoms with E-state index in [0.29, 0.717) is 20.2 Å². The van der Waals surface area contributed by atoms with Gasteiger partial charge in [0.15, 0.2) is 0 Å². The number of rotatable bonds is 3. The third-order valence-corrected chi connectivity index (χ3v) is 6.03. The standard InChI is InChI=1S/C18H22NOP/c1-11(2)15-10-20-18(19-15)17-13(4)12(3)16(21-17)14-8-6-5-7-9-14/h5-9,11,15,21H,10H2,1-4H3/t15-/m0/s1. The molecule has 0 aliphatic carbocycles. The van der Waals surface area contributed by atoms with Gasteiger partial charge < -0.3 is 4.74 Å². The van der Waals surface area contributed by atoms with Gasteiger partial charge >= 0.3 is 0 Å². The molecule has 1 aliphatic heterocycles. The summed E-state index contributed by atoms with van der Waals surface area (Å²) in [6.45, 7) is 9.55. The van der Waals surface area contributed by atoms with Gasteiger partial charge in [-0.1, -0.05) is 44.2 Å². The van der Waals surface area contributed by atoms with Crippen LogP contribution in [0.15, 0.2) is 35.3 Å². The number of benzene rings is 1. The molecule has 0 radical (unpaired) electrons. The van der Waals surface area contributed by atoms with E-state index in [1.165, 1.54) is 27.3 Å². The molecule has 1 aromatic heterocycles. The van der Waals surface area contributed by atoms with Gasteiger partial charge in [0.1, 0.15) is 6.61 Å². The fraction of sp³-hybridized carbons (Fsp3) is 0.389. The quantitative estimate of drug-likeness (QED) is 0.797. The van der Waals surface area contributed by atoms with Crippen molar-refractivity contribution in [1.29, 1.82) is 0 Å². The van der Waals surface area contributed by atoms with Gasteiger partial charge in [0.2, 0.25) is 5.90 Å². The summed E-state index contributed by atoms with van der Waals surface area (Å²) in [7, 11) is 0.650. The van der Waals surface area contributed by atoms with Crippen LogP contribution in [0.25, 0.3) is 10.9 Å². The van der Waals surface area contributed by atoms with E-state index in [1.54, 1.807) is 0 Å². The van der Waals surface area contributed by atoms with Crippen LogP contribution in [0.4, 0.5) is 0 Å². The lowest BCUT2D eigenvalue weighted by atomic mass is 10.1. The minimum atomic E-state index is 0.311. The van der Waals surface area contributed by atoms with Crippen LogP contribution < -0.4 is 0 Å². The Balaban J connectivity index is 2.01. The van der Waals surface area contributed by atoms with Crippen LogP contribution in [-0.2, 0) is 4.74 Å². The first-order valence-electron chi connectivity index (χ1n) is 7.53. The van der Waals surface area contributed by atoms with E-state index in [2.05, 4.69) is 58.0 Å². The van der Waals surface area contributed by atoms with Crippen LogP contribution in [0.1, 0.15) is 30.3 Å². The molecule has 0 spiro atoms. The summed E-state index contributed by atoms with van der Waals surface area (Å²) in [5.41, 5.74) is 4.05. The van der Waals surface area contributed by atoms with Crippen molar-refractivity contribution in [3.63, 3.8) is 0 Å². The molecule has 0 saturated carbocycles. The van der Waals surface area contributed by atoms with Crippen molar-refractivity contribution < 1.29 is 4.74 Å². The van der Waals surface area contributed by atoms with Crippen LogP contribution in [-0.4, -0.2) is 18.5 Å². The van der Waals surface area contributed by atoms with Crippen molar-refractivity contribution in [3.05, 3.63) is 46.8 Å². The third-order valence-electron chi connectivity index (χ3n) is 4.28. The molecular weight excluding hydrogens is 277 g/mol. The third kappa shape index (κ3) is 2.65. The lowest BCUT2D eigenvalue weighted by molar-refractivity contribution is 0.292. The zero-order valence-electron chi connectivity index (χ0n) is 13.1. The highest BCUT2D eigenvalue weighted by Crippen LogP contribution is 2.41. The average molecular weight is 299 g/mol. The van der Waals surface area contributed by atoms with Crippen molar-refractivity contribution in [2.24, 2.45) is 10.9 Å². The first-order valence-corrected chi connectivity index (χ1v) is 8.53. The first-order chi connectivity index (χ1) is 10.1. The molecular formula is C18H22NOP. The molecule has 2 aromatic rings. The highest BCUT2D eigenvalue weighted by molar-refractivity contribution is 7.36. The molecule has 2 nitrogen and oxygen atoms in total. The second-order valence-corrected chi connectivity index (χ2v) is 7.30. The second-order valence-electron chi connectivity index (χ2n) is 6.05. The summed E-state index contributed by atoms with van der Waals surface area (Å²) in [5.74, 6) is 1.42. The van der Waals surface area contributed by atoms with E-state index >= 15 is 0 Å². The predicted octanol–water partition coefficient (Wildman–Crippen LogP) is 4.80. The summed E-state index contributed by atoms with van der Waals surface area (Å²) >= 11 is 0. The Labute approximate surface area is 128 Å². The molecule has 21 heavy (non-hydrogen) atoms. The van der Waals surface area contributed by atoms with Crippen molar-refractivity contribution in [3.8, 4) is 10.9 Å². The van der Waals surface area contributed by atoms with E-state index in [9.17, 15) is 0 Å². The normalized spacial score (nSPS) is 18.3. The van der Waals surface area contributed by atoms with E-state index < -0.39 is 0 Å². The Bertz CT molecular complexity index is 670. The Hall–Kier alpha value is -1.53. The van der Waals surface area contributed by atoms with Gasteiger partial charge in [0.25, 0.3) is 0 Å². The fourth-order valence-corrected chi connectivity index (χ4v) is 4.22. The van der Waals surface area contributed by atoms with Gasteiger partial charge in [-0.2, -0.15) is 0 Å². The largest absolute Gasteiger partial charge is 0.475 e. The molecule has 2 heterocycles. The SMILES string of the molecule is Cc1c(C2=N[C@H](C(C)C)CO2)[pH]c(-c2ccccc2)c1C. The topological polar surface area (TPSA) is 21.6 Å². The zero-order valence-corrected chi connectivity index (χ0v) is 14.1. The molecule has 110 valence electrons.